The first-order valence-corrected chi connectivity index (χ1v) is 37.7. The van der Waals surface area contributed by atoms with Crippen molar-refractivity contribution in [2.24, 2.45) is 0 Å². The molecule has 0 aliphatic heterocycles. The fraction of sp³-hybridized carbons (Fsp3) is 0.406. The number of rotatable bonds is 36. The van der Waals surface area contributed by atoms with Crippen LogP contribution in [0, 0.1) is 20.8 Å². The number of aliphatic hydroxyl groups excluding tert-OH is 3. The zero-order valence-corrected chi connectivity index (χ0v) is 72.0. The van der Waals surface area contributed by atoms with Gasteiger partial charge in [0.25, 0.3) is 0 Å². The zero-order valence-electron chi connectivity index (χ0n) is 72.0. The van der Waals surface area contributed by atoms with Crippen LogP contribution in [0.5, 0.6) is 17.2 Å². The van der Waals surface area contributed by atoms with Crippen LogP contribution in [-0.4, -0.2) is 112 Å². The second-order valence-electron chi connectivity index (χ2n) is 31.2. The van der Waals surface area contributed by atoms with E-state index in [0.29, 0.717) is 39.7 Å². The largest absolute Gasteiger partial charge is 0.491 e. The van der Waals surface area contributed by atoms with Gasteiger partial charge in [-0.15, -0.1) is 0 Å². The minimum atomic E-state index is -0.681. The molecule has 114 heavy (non-hydrogen) atoms. The quantitative estimate of drug-likeness (QED) is 0.00633. The van der Waals surface area contributed by atoms with Crippen molar-refractivity contribution in [3.63, 3.8) is 0 Å². The van der Waals surface area contributed by atoms with Gasteiger partial charge in [-0.05, 0) is 186 Å². The molecule has 0 aromatic heterocycles. The normalized spacial score (nSPS) is 12.3. The fourth-order valence-electron chi connectivity index (χ4n) is 9.00. The van der Waals surface area contributed by atoms with Gasteiger partial charge in [0.15, 0.2) is 26.5 Å². The molecule has 18 heteroatoms. The molecule has 6 aromatic carbocycles. The van der Waals surface area contributed by atoms with Crippen LogP contribution in [0.25, 0.3) is 0 Å². The highest BCUT2D eigenvalue weighted by Gasteiger charge is 2.23. The van der Waals surface area contributed by atoms with Crippen molar-refractivity contribution in [2.75, 3.05) is 60.0 Å². The molecule has 6 rings (SSSR count). The first-order chi connectivity index (χ1) is 53.1. The summed E-state index contributed by atoms with van der Waals surface area (Å²) in [4.78, 5) is 35.1. The molecule has 6 aromatic rings. The molecule has 6 atom stereocenters. The van der Waals surface area contributed by atoms with Crippen molar-refractivity contribution >= 4 is 17.9 Å². The Kier molecular flexibility index (Phi) is 46.8. The summed E-state index contributed by atoms with van der Waals surface area (Å²) in [6.45, 7) is 75.5. The number of aryl methyl sites for hydroxylation is 3. The topological polar surface area (TPSA) is 223 Å². The van der Waals surface area contributed by atoms with Gasteiger partial charge in [0.1, 0.15) is 61.5 Å². The predicted molar refractivity (Wildman–Crippen MR) is 459 cm³/mol. The van der Waals surface area contributed by atoms with Crippen molar-refractivity contribution < 1.29 is 86.5 Å². The van der Waals surface area contributed by atoms with Crippen LogP contribution in [-0.2, 0) is 73.3 Å². The molecule has 0 aliphatic rings. The maximum absolute atomic E-state index is 11.7. The number of allylic oxidation sites excluding steroid dienone is 3. The summed E-state index contributed by atoms with van der Waals surface area (Å²) in [6.07, 6.45) is -3.31. The third-order valence-electron chi connectivity index (χ3n) is 15.9. The van der Waals surface area contributed by atoms with Crippen LogP contribution in [0.2, 0.25) is 0 Å². The molecule has 0 spiro atoms. The van der Waals surface area contributed by atoms with E-state index < -0.39 is 54.5 Å². The Balaban J connectivity index is 0.000000687. The van der Waals surface area contributed by atoms with Crippen molar-refractivity contribution in [1.82, 2.24) is 0 Å². The van der Waals surface area contributed by atoms with E-state index in [1.54, 1.807) is 41.5 Å². The van der Waals surface area contributed by atoms with E-state index in [1.807, 2.05) is 151 Å². The Bertz CT molecular complexity index is 3780. The standard InChI is InChI=1S/C18H24O5.2C18H24O2.2C14H20O4.C14H20O/c1-13(2)18(19)23-17(10-20-12-22-14(3)4)11-21-16-8-6-15(5)7-9-16;2*1-12(2)16(20-17(19)13(3)4)14-8-10-15(11-9-14)18(5,6)7;2*1-11(2)18-10-16-8-13(15)9-17-14-6-4-12(3)5-7-14;1-10(2)13(15)11-6-8-12(9-7-11)14(3,4)5/h6-9,17H,1,3,10-12H2,2,4-5H3;2*8-11,16H,1,3H2,2,4-7H3;2*4-7,13,15H,1,8-10H2,2-3H3;6-9,13,15H,1H2,2-5H3. The highest BCUT2D eigenvalue weighted by molar-refractivity contribution is 5.88. The molecule has 0 bridgehead atoms. The summed E-state index contributed by atoms with van der Waals surface area (Å²) in [7, 11) is 0. The lowest BCUT2D eigenvalue weighted by Gasteiger charge is -2.22. The summed E-state index contributed by atoms with van der Waals surface area (Å²) < 4.78 is 63.3. The van der Waals surface area contributed by atoms with Crippen LogP contribution in [0.1, 0.15) is 193 Å². The van der Waals surface area contributed by atoms with Gasteiger partial charge in [0.05, 0.1) is 43.2 Å². The van der Waals surface area contributed by atoms with Gasteiger partial charge in [-0.2, -0.15) is 0 Å². The molecule has 624 valence electrons. The van der Waals surface area contributed by atoms with E-state index >= 15 is 0 Å². The van der Waals surface area contributed by atoms with Gasteiger partial charge in [0, 0.05) is 16.7 Å². The Morgan fingerprint density at radius 3 is 0.825 bits per heavy atom. The number of hydrogen-bond donors (Lipinski definition) is 3. The molecule has 0 fully saturated rings. The first-order valence-electron chi connectivity index (χ1n) is 37.7. The lowest BCUT2D eigenvalue weighted by atomic mass is 9.86. The molecule has 0 saturated heterocycles. The van der Waals surface area contributed by atoms with Crippen molar-refractivity contribution in [3.8, 4) is 17.2 Å². The van der Waals surface area contributed by atoms with E-state index in [1.165, 1.54) is 27.8 Å². The number of esters is 3. The van der Waals surface area contributed by atoms with E-state index in [-0.39, 0.29) is 76.3 Å². The fourth-order valence-corrected chi connectivity index (χ4v) is 9.00. The number of aliphatic hydroxyl groups is 3. The molecule has 0 radical (unpaired) electrons. The average Bonchev–Trinajstić information content (AvgIpc) is 0.844. The Labute approximate surface area is 682 Å². The molecule has 6 unspecified atom stereocenters. The first kappa shape index (κ1) is 102. The Hall–Kier alpha value is -10.1. The number of hydrogen-bond acceptors (Lipinski definition) is 18. The van der Waals surface area contributed by atoms with Gasteiger partial charge in [0.2, 0.25) is 0 Å². The SMILES string of the molecule is C=C(C)C(=O)OC(C(=C)C)c1ccc(C(C)(C)C)cc1.C=C(C)C(=O)OC(C(=C)C)c1ccc(C(C)(C)C)cc1.C=C(C)C(O)c1ccc(C(C)(C)C)cc1.C=C(C)OCOCC(COc1ccc(C)cc1)OC(=O)C(=C)C.C=C(C)OCOCC(O)COc1ccc(C)cc1.C=C(C)OCOCC(O)COc1ccc(C)cc1. The maximum Gasteiger partial charge on any atom is 0.334 e. The molecular weight excluding hydrogens is 1440 g/mol. The maximum atomic E-state index is 11.7. The lowest BCUT2D eigenvalue weighted by molar-refractivity contribution is -0.152. The van der Waals surface area contributed by atoms with Crippen LogP contribution in [0.4, 0.5) is 0 Å². The van der Waals surface area contributed by atoms with Crippen molar-refractivity contribution in [1.29, 1.82) is 0 Å². The highest BCUT2D eigenvalue weighted by Crippen LogP contribution is 2.32. The Morgan fingerprint density at radius 1 is 0.325 bits per heavy atom. The van der Waals surface area contributed by atoms with Gasteiger partial charge < -0.3 is 72.2 Å². The molecule has 0 aliphatic carbocycles. The summed E-state index contributed by atoms with van der Waals surface area (Å²) in [5.74, 6) is 2.63. The predicted octanol–water partition coefficient (Wildman–Crippen LogP) is 20.9. The zero-order chi connectivity index (χ0) is 86.6. The molecule has 0 saturated carbocycles. The molecule has 3 N–H and O–H groups in total. The highest BCUT2D eigenvalue weighted by atomic mass is 16.7. The van der Waals surface area contributed by atoms with Gasteiger partial charge in [-0.25, -0.2) is 14.4 Å². The number of carbonyl (C=O) groups excluding carboxylic acids is 3. The lowest BCUT2D eigenvalue weighted by Crippen LogP contribution is -2.30. The monoisotopic (exact) mass is 1570 g/mol. The molecule has 18 nitrogen and oxygen atoms in total. The smallest absolute Gasteiger partial charge is 0.334 e. The van der Waals surface area contributed by atoms with Crippen molar-refractivity contribution in [3.05, 3.63) is 306 Å². The summed E-state index contributed by atoms with van der Waals surface area (Å²) in [6, 6.07) is 47.2. The molecule has 0 heterocycles. The second kappa shape index (κ2) is 52.4. The summed E-state index contributed by atoms with van der Waals surface area (Å²) in [5, 5.41) is 29.0. The van der Waals surface area contributed by atoms with E-state index in [4.69, 9.17) is 56.8 Å². The summed E-state index contributed by atoms with van der Waals surface area (Å²) in [5.41, 5.74) is 13.9. The second-order valence-corrected chi connectivity index (χ2v) is 31.2. The van der Waals surface area contributed by atoms with Crippen LogP contribution >= 0.6 is 0 Å². The molecule has 0 amide bonds. The minimum Gasteiger partial charge on any atom is -0.491 e. The van der Waals surface area contributed by atoms with Crippen LogP contribution < -0.4 is 14.2 Å². The third-order valence-corrected chi connectivity index (χ3v) is 15.9. The number of benzene rings is 6. The number of ether oxygens (including phenoxy) is 12. The third kappa shape index (κ3) is 45.0. The average molecular weight is 1570 g/mol. The minimum absolute atomic E-state index is 0.0426. The van der Waals surface area contributed by atoms with Crippen LogP contribution in [0.3, 0.4) is 0 Å². The van der Waals surface area contributed by atoms with Gasteiger partial charge >= 0.3 is 17.9 Å². The summed E-state index contributed by atoms with van der Waals surface area (Å²) >= 11 is 0. The van der Waals surface area contributed by atoms with Crippen LogP contribution in [0.15, 0.2) is 256 Å². The van der Waals surface area contributed by atoms with E-state index in [9.17, 15) is 29.7 Å². The molecular formula is C96H132O18. The van der Waals surface area contributed by atoms with Gasteiger partial charge in [-0.3, -0.25) is 0 Å². The number of carbonyl (C=O) groups is 3. The Morgan fingerprint density at radius 2 is 0.579 bits per heavy atom. The van der Waals surface area contributed by atoms with Crippen molar-refractivity contribution in [2.45, 2.75) is 198 Å². The van der Waals surface area contributed by atoms with E-state index in [2.05, 4.69) is 158 Å². The van der Waals surface area contributed by atoms with Gasteiger partial charge in [-0.1, -0.05) is 247 Å². The van der Waals surface area contributed by atoms with E-state index in [0.717, 1.165) is 50.5 Å².